The van der Waals surface area contributed by atoms with Crippen molar-refractivity contribution in [2.24, 2.45) is 0 Å². The summed E-state index contributed by atoms with van der Waals surface area (Å²) >= 11 is 0. The van der Waals surface area contributed by atoms with E-state index in [1.54, 1.807) is 0 Å². The molecule has 0 fully saturated rings. The molecule has 2 amide bonds. The molecule has 1 aromatic rings. The molecule has 0 radical (unpaired) electrons. The molecular formula is C15H22N2O4S. The van der Waals surface area contributed by atoms with Gasteiger partial charge in [-0.05, 0) is 25.5 Å². The first-order valence-electron chi connectivity index (χ1n) is 7.28. The highest BCUT2D eigenvalue weighted by atomic mass is 32.2. The van der Waals surface area contributed by atoms with Gasteiger partial charge in [-0.15, -0.1) is 0 Å². The standard InChI is InChI=1S/C15H22N2O4S/c1-3-4-5-6-11-16-15(19)17-22(20,21)14-9-7-13(8-10-14)12(2)18/h7-10H,3-6,11H2,1-2H3,(H2,16,17,19). The zero-order chi connectivity index (χ0) is 16.6. The third kappa shape index (κ3) is 5.85. The number of hydrogen-bond donors (Lipinski definition) is 2. The highest BCUT2D eigenvalue weighted by Gasteiger charge is 2.17. The van der Waals surface area contributed by atoms with Crippen LogP contribution in [0.5, 0.6) is 0 Å². The van der Waals surface area contributed by atoms with Crippen LogP contribution < -0.4 is 10.0 Å². The Balaban J connectivity index is 2.55. The first-order valence-corrected chi connectivity index (χ1v) is 8.77. The molecule has 122 valence electrons. The van der Waals surface area contributed by atoms with Gasteiger partial charge in [0.25, 0.3) is 10.0 Å². The van der Waals surface area contributed by atoms with Crippen molar-refractivity contribution in [2.45, 2.75) is 44.4 Å². The summed E-state index contributed by atoms with van der Waals surface area (Å²) < 4.78 is 26.0. The minimum Gasteiger partial charge on any atom is -0.337 e. The molecule has 2 N–H and O–H groups in total. The Bertz CT molecular complexity index is 609. The summed E-state index contributed by atoms with van der Waals surface area (Å²) in [6.45, 7) is 3.92. The molecule has 0 unspecified atom stereocenters. The second kappa shape index (κ2) is 8.53. The van der Waals surface area contributed by atoms with Gasteiger partial charge in [0, 0.05) is 12.1 Å². The molecule has 1 rings (SSSR count). The number of rotatable bonds is 8. The summed E-state index contributed by atoms with van der Waals surface area (Å²) in [5.41, 5.74) is 0.416. The summed E-state index contributed by atoms with van der Waals surface area (Å²) in [4.78, 5) is 22.7. The van der Waals surface area contributed by atoms with Crippen LogP contribution in [0.15, 0.2) is 29.2 Å². The van der Waals surface area contributed by atoms with Crippen molar-refractivity contribution in [2.75, 3.05) is 6.54 Å². The number of carbonyl (C=O) groups excluding carboxylic acids is 2. The number of urea groups is 1. The lowest BCUT2D eigenvalue weighted by molar-refractivity contribution is 0.101. The normalized spacial score (nSPS) is 11.0. The lowest BCUT2D eigenvalue weighted by atomic mass is 10.2. The Morgan fingerprint density at radius 1 is 1.05 bits per heavy atom. The van der Waals surface area contributed by atoms with Gasteiger partial charge in [-0.2, -0.15) is 0 Å². The van der Waals surface area contributed by atoms with E-state index in [1.807, 2.05) is 4.72 Å². The number of ketones is 1. The molecule has 0 bridgehead atoms. The van der Waals surface area contributed by atoms with E-state index < -0.39 is 16.1 Å². The van der Waals surface area contributed by atoms with Crippen LogP contribution in [0.2, 0.25) is 0 Å². The molecule has 0 atom stereocenters. The van der Waals surface area contributed by atoms with E-state index in [-0.39, 0.29) is 10.7 Å². The SMILES string of the molecule is CCCCCCNC(=O)NS(=O)(=O)c1ccc(C(C)=O)cc1. The van der Waals surface area contributed by atoms with Gasteiger partial charge in [-0.1, -0.05) is 38.3 Å². The number of unbranched alkanes of at least 4 members (excludes halogenated alkanes) is 3. The Kier molecular flexibility index (Phi) is 7.04. The second-order valence-electron chi connectivity index (χ2n) is 5.00. The van der Waals surface area contributed by atoms with Crippen molar-refractivity contribution in [3.05, 3.63) is 29.8 Å². The monoisotopic (exact) mass is 326 g/mol. The number of benzene rings is 1. The number of sulfonamides is 1. The van der Waals surface area contributed by atoms with E-state index in [9.17, 15) is 18.0 Å². The summed E-state index contributed by atoms with van der Waals surface area (Å²) in [6, 6.07) is 4.69. The molecule has 6 nitrogen and oxygen atoms in total. The van der Waals surface area contributed by atoms with Gasteiger partial charge in [-0.25, -0.2) is 17.9 Å². The van der Waals surface area contributed by atoms with Crippen LogP contribution in [-0.4, -0.2) is 26.8 Å². The number of Topliss-reactive ketones (excluding diaryl/α,β-unsaturated/α-hetero) is 1. The van der Waals surface area contributed by atoms with Gasteiger partial charge in [0.05, 0.1) is 4.90 Å². The van der Waals surface area contributed by atoms with Crippen molar-refractivity contribution in [1.29, 1.82) is 0 Å². The van der Waals surface area contributed by atoms with Crippen molar-refractivity contribution >= 4 is 21.8 Å². The van der Waals surface area contributed by atoms with Crippen molar-refractivity contribution in [3.63, 3.8) is 0 Å². The van der Waals surface area contributed by atoms with Crippen LogP contribution in [0.1, 0.15) is 49.9 Å². The van der Waals surface area contributed by atoms with Crippen LogP contribution in [-0.2, 0) is 10.0 Å². The first kappa shape index (κ1) is 18.2. The fourth-order valence-corrected chi connectivity index (χ4v) is 2.77. The van der Waals surface area contributed by atoms with Crippen LogP contribution in [0.25, 0.3) is 0 Å². The summed E-state index contributed by atoms with van der Waals surface area (Å²) in [5.74, 6) is -0.151. The molecule has 7 heteroatoms. The first-order chi connectivity index (χ1) is 10.4. The molecule has 0 saturated heterocycles. The number of nitrogens with one attached hydrogen (secondary N) is 2. The molecule has 22 heavy (non-hydrogen) atoms. The van der Waals surface area contributed by atoms with Crippen LogP contribution >= 0.6 is 0 Å². The quantitative estimate of drug-likeness (QED) is 0.567. The lowest BCUT2D eigenvalue weighted by Gasteiger charge is -2.09. The molecule has 0 spiro atoms. The number of hydrogen-bond acceptors (Lipinski definition) is 4. The largest absolute Gasteiger partial charge is 0.337 e. The van der Waals surface area contributed by atoms with Crippen molar-refractivity contribution in [3.8, 4) is 0 Å². The minimum atomic E-state index is -3.92. The highest BCUT2D eigenvalue weighted by Crippen LogP contribution is 2.10. The van der Waals surface area contributed by atoms with Gasteiger partial charge >= 0.3 is 6.03 Å². The predicted molar refractivity (Wildman–Crippen MR) is 84.3 cm³/mol. The molecule has 0 saturated carbocycles. The predicted octanol–water partition coefficient (Wildman–Crippen LogP) is 2.46. The van der Waals surface area contributed by atoms with Gasteiger partial charge in [0.1, 0.15) is 0 Å². The maximum atomic E-state index is 12.0. The second-order valence-corrected chi connectivity index (χ2v) is 6.69. The third-order valence-corrected chi connectivity index (χ3v) is 4.46. The topological polar surface area (TPSA) is 92.3 Å². The smallest absolute Gasteiger partial charge is 0.328 e. The average Bonchev–Trinajstić information content (AvgIpc) is 2.46. The van der Waals surface area contributed by atoms with E-state index in [0.717, 1.165) is 25.7 Å². The maximum Gasteiger partial charge on any atom is 0.328 e. The van der Waals surface area contributed by atoms with Crippen molar-refractivity contribution < 1.29 is 18.0 Å². The summed E-state index contributed by atoms with van der Waals surface area (Å²) in [5, 5.41) is 2.51. The van der Waals surface area contributed by atoms with E-state index >= 15 is 0 Å². The van der Waals surface area contributed by atoms with Crippen LogP contribution in [0.4, 0.5) is 4.79 Å². The molecule has 0 aliphatic carbocycles. The zero-order valence-corrected chi connectivity index (χ0v) is 13.7. The Labute approximate surface area is 131 Å². The van der Waals surface area contributed by atoms with Gasteiger partial charge in [-0.3, -0.25) is 4.79 Å². The zero-order valence-electron chi connectivity index (χ0n) is 12.9. The molecule has 0 aliphatic heterocycles. The van der Waals surface area contributed by atoms with E-state index in [0.29, 0.717) is 12.1 Å². The van der Waals surface area contributed by atoms with Crippen LogP contribution in [0.3, 0.4) is 0 Å². The van der Waals surface area contributed by atoms with E-state index in [2.05, 4.69) is 12.2 Å². The lowest BCUT2D eigenvalue weighted by Crippen LogP contribution is -2.39. The molecule has 0 aliphatic rings. The molecular weight excluding hydrogens is 304 g/mol. The third-order valence-electron chi connectivity index (χ3n) is 3.11. The summed E-state index contributed by atoms with van der Waals surface area (Å²) in [6.07, 6.45) is 3.99. The number of carbonyl (C=O) groups is 2. The Morgan fingerprint density at radius 2 is 1.68 bits per heavy atom. The van der Waals surface area contributed by atoms with Gasteiger partial charge in [0.2, 0.25) is 0 Å². The molecule has 0 heterocycles. The average molecular weight is 326 g/mol. The molecule has 1 aromatic carbocycles. The fourth-order valence-electron chi connectivity index (χ4n) is 1.84. The minimum absolute atomic E-state index is 0.0568. The fraction of sp³-hybridized carbons (Fsp3) is 0.467. The van der Waals surface area contributed by atoms with E-state index in [1.165, 1.54) is 31.2 Å². The van der Waals surface area contributed by atoms with Crippen LogP contribution in [0, 0.1) is 0 Å². The Hall–Kier alpha value is -1.89. The summed E-state index contributed by atoms with van der Waals surface area (Å²) in [7, 11) is -3.92. The van der Waals surface area contributed by atoms with E-state index in [4.69, 9.17) is 0 Å². The highest BCUT2D eigenvalue weighted by molar-refractivity contribution is 7.90. The maximum absolute atomic E-state index is 12.0. The van der Waals surface area contributed by atoms with Crippen molar-refractivity contribution in [1.82, 2.24) is 10.0 Å². The number of amides is 2. The Morgan fingerprint density at radius 3 is 2.23 bits per heavy atom. The van der Waals surface area contributed by atoms with Gasteiger partial charge < -0.3 is 5.32 Å². The molecule has 0 aromatic heterocycles. The van der Waals surface area contributed by atoms with Gasteiger partial charge in [0.15, 0.2) is 5.78 Å².